The summed E-state index contributed by atoms with van der Waals surface area (Å²) in [6, 6.07) is 16.7. The number of rotatable bonds is 4. The number of hydrogen-bond acceptors (Lipinski definition) is 2. The van der Waals surface area contributed by atoms with Crippen molar-refractivity contribution in [1.82, 2.24) is 0 Å². The molecule has 2 aromatic rings. The molecule has 1 fully saturated rings. The summed E-state index contributed by atoms with van der Waals surface area (Å²) in [6.45, 7) is 9.65. The molecule has 0 amide bonds. The zero-order valence-electron chi connectivity index (χ0n) is 15.1. The summed E-state index contributed by atoms with van der Waals surface area (Å²) in [5.41, 5.74) is 2.00. The van der Waals surface area contributed by atoms with E-state index in [0.29, 0.717) is 13.2 Å². The molecule has 2 aromatic carbocycles. The lowest BCUT2D eigenvalue weighted by atomic mass is 9.97. The van der Waals surface area contributed by atoms with E-state index < -0.39 is 20.6 Å². The van der Waals surface area contributed by atoms with Crippen LogP contribution in [0.5, 0.6) is 0 Å². The molecule has 1 saturated heterocycles. The van der Waals surface area contributed by atoms with Crippen molar-refractivity contribution in [2.24, 2.45) is 0 Å². The van der Waals surface area contributed by atoms with Gasteiger partial charge in [0.25, 0.3) is 0 Å². The van der Waals surface area contributed by atoms with Crippen LogP contribution in [0.1, 0.15) is 11.1 Å². The summed E-state index contributed by atoms with van der Waals surface area (Å²) in [5.74, 6) is -0.840. The molecule has 0 radical (unpaired) electrons. The second kappa shape index (κ2) is 6.84. The molecule has 0 spiro atoms. The third kappa shape index (κ3) is 3.89. The first-order valence-corrected chi connectivity index (χ1v) is 16.5. The lowest BCUT2D eigenvalue weighted by molar-refractivity contribution is -0.129. The van der Waals surface area contributed by atoms with Gasteiger partial charge in [0, 0.05) is 11.1 Å². The van der Waals surface area contributed by atoms with Gasteiger partial charge in [-0.2, -0.15) is 22.2 Å². The molecule has 25 heavy (non-hydrogen) atoms. The molecule has 0 saturated carbocycles. The zero-order valence-corrected chi connectivity index (χ0v) is 18.6. The number of benzene rings is 2. The van der Waals surface area contributed by atoms with Gasteiger partial charge in [-0.25, -0.2) is 0 Å². The Kier molecular flexibility index (Phi) is 5.23. The van der Waals surface area contributed by atoms with E-state index in [1.807, 2.05) is 0 Å². The summed E-state index contributed by atoms with van der Waals surface area (Å²) in [4.78, 5) is 0. The average Bonchev–Trinajstić information content (AvgIpc) is 3.04. The predicted molar refractivity (Wildman–Crippen MR) is 112 cm³/mol. The molecular weight excluding hydrogens is 387 g/mol. The second-order valence-corrected chi connectivity index (χ2v) is 20.1. The number of hydrogen-bond donors (Lipinski definition) is 0. The van der Waals surface area contributed by atoms with Gasteiger partial charge >= 0.3 is 0 Å². The highest BCUT2D eigenvalue weighted by atomic mass is 35.6. The van der Waals surface area contributed by atoms with Crippen molar-refractivity contribution in [3.63, 3.8) is 0 Å². The van der Waals surface area contributed by atoms with Gasteiger partial charge in [0.05, 0.1) is 13.2 Å². The van der Waals surface area contributed by atoms with Crippen molar-refractivity contribution in [1.29, 1.82) is 0 Å². The minimum Gasteiger partial charge on any atom is -0.340 e. The lowest BCUT2D eigenvalue weighted by Gasteiger charge is -2.29. The van der Waals surface area contributed by atoms with Crippen molar-refractivity contribution in [2.45, 2.75) is 32.0 Å². The monoisotopic (exact) mass is 410 g/mol. The molecule has 134 valence electrons. The van der Waals surface area contributed by atoms with E-state index in [0.717, 1.165) is 11.1 Å². The lowest BCUT2D eigenvalue weighted by Crippen LogP contribution is -2.37. The van der Waals surface area contributed by atoms with Crippen LogP contribution >= 0.6 is 22.2 Å². The van der Waals surface area contributed by atoms with E-state index in [-0.39, 0.29) is 0 Å². The van der Waals surface area contributed by atoms with E-state index in [2.05, 4.69) is 74.7 Å². The fourth-order valence-electron chi connectivity index (χ4n) is 3.08. The van der Waals surface area contributed by atoms with Crippen molar-refractivity contribution >= 4 is 47.3 Å². The standard InChI is InChI=1S/C19H24Cl2O2Si2/c1-24(2,20)17-9-5-15(6-10-17)19(22-13-14-23-19)16-7-11-18(12-8-16)25(3,4)21/h5-12H,13-14H2,1-4H3. The SMILES string of the molecule is C[Si](C)(Cl)c1ccc(C2(c3ccc([Si](C)(C)Cl)cc3)OCCO2)cc1. The first-order valence-electron chi connectivity index (χ1n) is 8.51. The molecule has 0 aliphatic carbocycles. The van der Waals surface area contributed by atoms with Crippen molar-refractivity contribution in [3.05, 3.63) is 59.7 Å². The molecule has 0 unspecified atom stereocenters. The molecule has 1 heterocycles. The van der Waals surface area contributed by atoms with Crippen LogP contribution in [0.25, 0.3) is 0 Å². The molecule has 3 rings (SSSR count). The van der Waals surface area contributed by atoms with E-state index in [1.54, 1.807) is 0 Å². The topological polar surface area (TPSA) is 18.5 Å². The third-order valence-corrected chi connectivity index (χ3v) is 9.32. The fourth-order valence-corrected chi connectivity index (χ4v) is 5.76. The highest BCUT2D eigenvalue weighted by molar-refractivity contribution is 7.26. The summed E-state index contributed by atoms with van der Waals surface area (Å²) in [7, 11) is -3.69. The molecule has 6 heteroatoms. The van der Waals surface area contributed by atoms with Crippen molar-refractivity contribution in [3.8, 4) is 0 Å². The Morgan fingerprint density at radius 2 is 1.00 bits per heavy atom. The van der Waals surface area contributed by atoms with Gasteiger partial charge in [-0.15, -0.1) is 0 Å². The predicted octanol–water partition coefficient (Wildman–Crippen LogP) is 4.24. The van der Waals surface area contributed by atoms with E-state index in [4.69, 9.17) is 31.6 Å². The fraction of sp³-hybridized carbons (Fsp3) is 0.368. The van der Waals surface area contributed by atoms with Gasteiger partial charge in [-0.3, -0.25) is 0 Å². The smallest absolute Gasteiger partial charge is 0.222 e. The molecule has 0 atom stereocenters. The van der Waals surface area contributed by atoms with Crippen molar-refractivity contribution < 1.29 is 9.47 Å². The Morgan fingerprint density at radius 1 is 0.680 bits per heavy atom. The molecule has 0 bridgehead atoms. The van der Waals surface area contributed by atoms with Crippen LogP contribution in [0.2, 0.25) is 26.2 Å². The van der Waals surface area contributed by atoms with Crippen LogP contribution < -0.4 is 10.4 Å². The molecule has 0 N–H and O–H groups in total. The first kappa shape index (κ1) is 19.1. The summed E-state index contributed by atoms with van der Waals surface area (Å²) in [6.07, 6.45) is 0. The molecule has 1 aliphatic rings. The summed E-state index contributed by atoms with van der Waals surface area (Å²) in [5, 5.41) is 2.41. The Hall–Kier alpha value is -0.626. The largest absolute Gasteiger partial charge is 0.340 e. The van der Waals surface area contributed by atoms with Gasteiger partial charge in [0.15, 0.2) is 14.8 Å². The Labute approximate surface area is 161 Å². The maximum Gasteiger partial charge on any atom is 0.222 e. The summed E-state index contributed by atoms with van der Waals surface area (Å²) < 4.78 is 12.2. The van der Waals surface area contributed by atoms with Gasteiger partial charge in [-0.1, -0.05) is 74.7 Å². The highest BCUT2D eigenvalue weighted by Crippen LogP contribution is 2.38. The van der Waals surface area contributed by atoms with Gasteiger partial charge in [0.1, 0.15) is 0 Å². The molecule has 2 nitrogen and oxygen atoms in total. The first-order chi connectivity index (χ1) is 11.6. The van der Waals surface area contributed by atoms with Gasteiger partial charge in [0.2, 0.25) is 5.79 Å². The maximum atomic E-state index is 6.55. The minimum absolute atomic E-state index is 0.578. The Bertz CT molecular complexity index is 667. The van der Waals surface area contributed by atoms with E-state index >= 15 is 0 Å². The number of halogens is 2. The van der Waals surface area contributed by atoms with Crippen LogP contribution in [0, 0.1) is 0 Å². The summed E-state index contributed by atoms with van der Waals surface area (Å²) >= 11 is 13.1. The van der Waals surface area contributed by atoms with Crippen LogP contribution in [0.15, 0.2) is 48.5 Å². The average molecular weight is 411 g/mol. The molecule has 0 aromatic heterocycles. The van der Waals surface area contributed by atoms with Crippen LogP contribution in [0.4, 0.5) is 0 Å². The van der Waals surface area contributed by atoms with Crippen LogP contribution in [0.3, 0.4) is 0 Å². The second-order valence-electron chi connectivity index (χ2n) is 7.41. The number of ether oxygens (including phenoxy) is 2. The minimum atomic E-state index is -1.85. The van der Waals surface area contributed by atoms with E-state index in [9.17, 15) is 0 Å². The maximum absolute atomic E-state index is 6.55. The Morgan fingerprint density at radius 3 is 1.28 bits per heavy atom. The molecular formula is C19H24Cl2O2Si2. The highest BCUT2D eigenvalue weighted by Gasteiger charge is 2.41. The van der Waals surface area contributed by atoms with Gasteiger partial charge in [-0.05, 0) is 10.4 Å². The quantitative estimate of drug-likeness (QED) is 0.554. The van der Waals surface area contributed by atoms with E-state index in [1.165, 1.54) is 10.4 Å². The van der Waals surface area contributed by atoms with Crippen LogP contribution in [-0.2, 0) is 15.3 Å². The molecule has 1 aliphatic heterocycles. The van der Waals surface area contributed by atoms with Crippen LogP contribution in [-0.4, -0.2) is 28.0 Å². The third-order valence-electron chi connectivity index (χ3n) is 4.60. The zero-order chi connectivity index (χ0) is 18.3. The van der Waals surface area contributed by atoms with Crippen molar-refractivity contribution in [2.75, 3.05) is 13.2 Å². The van der Waals surface area contributed by atoms with Gasteiger partial charge < -0.3 is 9.47 Å². The Balaban J connectivity index is 2.00. The normalized spacial score (nSPS) is 17.7.